The minimum absolute atomic E-state index is 0.226. The molecule has 0 amide bonds. The second kappa shape index (κ2) is 33.2. The van der Waals surface area contributed by atoms with Gasteiger partial charge in [-0.25, -0.2) is 0 Å². The summed E-state index contributed by atoms with van der Waals surface area (Å²) in [6.45, 7) is 9.96. The van der Waals surface area contributed by atoms with Crippen LogP contribution in [-0.2, 0) is 25.5 Å². The van der Waals surface area contributed by atoms with Crippen molar-refractivity contribution in [1.29, 1.82) is 0 Å². The number of carbonyl (C=O) groups is 1. The second-order valence-corrected chi connectivity index (χ2v) is 37.9. The second-order valence-electron chi connectivity index (χ2n) is 15.9. The van der Waals surface area contributed by atoms with Gasteiger partial charge in [0.05, 0.1) is 0 Å². The molecule has 0 spiro atoms. The molecule has 0 saturated heterocycles. The van der Waals surface area contributed by atoms with E-state index in [4.69, 9.17) is 12.3 Å². The van der Waals surface area contributed by atoms with Crippen LogP contribution in [0.1, 0.15) is 193 Å². The normalized spacial score (nSPS) is 11.9. The molecule has 5 nitrogen and oxygen atoms in total. The molecule has 0 aromatic heterocycles. The fourth-order valence-electron chi connectivity index (χ4n) is 7.48. The summed E-state index contributed by atoms with van der Waals surface area (Å²) in [5.74, 6) is 0. The molecular formula is C47H82O5Sn2. The summed E-state index contributed by atoms with van der Waals surface area (Å²) in [5.41, 5.74) is 2.19. The summed E-state index contributed by atoms with van der Waals surface area (Å²) < 4.78 is 32.0. The summed E-state index contributed by atoms with van der Waals surface area (Å²) in [6, 6.07) is 20.7. The van der Waals surface area contributed by atoms with E-state index in [-0.39, 0.29) is 6.61 Å². The molecule has 2 rings (SSSR count). The van der Waals surface area contributed by atoms with Gasteiger partial charge in [0.25, 0.3) is 0 Å². The first-order chi connectivity index (χ1) is 26.5. The Labute approximate surface area is 343 Å². The number of unbranched alkanes of at least 4 members (excludes halogenated alkanes) is 20. The Bertz CT molecular complexity index is 1100. The first-order valence-corrected chi connectivity index (χ1v) is 35.5. The quantitative estimate of drug-likeness (QED) is 0.0387. The molecule has 0 aliphatic carbocycles. The first kappa shape index (κ1) is 49.4. The number of carbonyl (C=O) groups excluding carboxylic acids is 1. The number of ether oxygens (including phenoxy) is 1. The predicted octanol–water partition coefficient (Wildman–Crippen LogP) is 15.9. The average Bonchev–Trinajstić information content (AvgIpc) is 3.19. The van der Waals surface area contributed by atoms with E-state index in [1.165, 1.54) is 134 Å². The van der Waals surface area contributed by atoms with Gasteiger partial charge in [0.1, 0.15) is 0 Å². The summed E-state index contributed by atoms with van der Waals surface area (Å²) in [4.78, 5) is 13.9. The molecule has 7 heteroatoms. The van der Waals surface area contributed by atoms with E-state index < -0.39 is 44.6 Å². The molecule has 2 aromatic rings. The third kappa shape index (κ3) is 24.1. The van der Waals surface area contributed by atoms with Gasteiger partial charge in [-0.3, -0.25) is 0 Å². The monoisotopic (exact) mass is 966 g/mol. The van der Waals surface area contributed by atoms with Gasteiger partial charge in [-0.15, -0.1) is 0 Å². The SMILES string of the molecule is CCCCCCC[CH2][Sn]([CH2]CCCCCCC)([O]Cc1ccccc1)[O][Sn]([CH2]CCCCCCC)([CH2]CCCCCCC)[O]C(=O)OCc1ccccc1. The van der Waals surface area contributed by atoms with Gasteiger partial charge in [-0.05, 0) is 0 Å². The molecule has 0 radical (unpaired) electrons. The Morgan fingerprint density at radius 2 is 0.759 bits per heavy atom. The van der Waals surface area contributed by atoms with Crippen LogP contribution in [0.3, 0.4) is 0 Å². The van der Waals surface area contributed by atoms with Crippen LogP contribution in [0.5, 0.6) is 0 Å². The van der Waals surface area contributed by atoms with Crippen molar-refractivity contribution >= 4 is 44.6 Å². The molecule has 0 atom stereocenters. The van der Waals surface area contributed by atoms with Crippen LogP contribution in [0.25, 0.3) is 0 Å². The molecular weight excluding hydrogens is 882 g/mol. The number of hydrogen-bond donors (Lipinski definition) is 0. The van der Waals surface area contributed by atoms with Crippen LogP contribution in [0.4, 0.5) is 4.79 Å². The molecule has 0 saturated carbocycles. The van der Waals surface area contributed by atoms with Crippen molar-refractivity contribution in [1.82, 2.24) is 0 Å². The third-order valence-corrected chi connectivity index (χ3v) is 43.4. The van der Waals surface area contributed by atoms with E-state index in [9.17, 15) is 4.79 Å². The zero-order valence-electron chi connectivity index (χ0n) is 35.5. The van der Waals surface area contributed by atoms with Crippen molar-refractivity contribution in [2.45, 2.75) is 213 Å². The summed E-state index contributed by atoms with van der Waals surface area (Å²) in [6.07, 6.45) is 29.1. The van der Waals surface area contributed by atoms with E-state index in [2.05, 4.69) is 58.0 Å². The van der Waals surface area contributed by atoms with Crippen LogP contribution < -0.4 is 0 Å². The molecule has 54 heavy (non-hydrogen) atoms. The Balaban J connectivity index is 2.49. The summed E-state index contributed by atoms with van der Waals surface area (Å²) in [5, 5.41) is 0. The van der Waals surface area contributed by atoms with Gasteiger partial charge < -0.3 is 0 Å². The van der Waals surface area contributed by atoms with E-state index in [1.807, 2.05) is 30.3 Å². The Morgan fingerprint density at radius 1 is 0.426 bits per heavy atom. The minimum atomic E-state index is -4.12. The van der Waals surface area contributed by atoms with E-state index in [0.717, 1.165) is 49.0 Å². The van der Waals surface area contributed by atoms with Gasteiger partial charge >= 0.3 is 346 Å². The molecule has 0 aliphatic heterocycles. The Hall–Kier alpha value is -0.773. The van der Waals surface area contributed by atoms with Gasteiger partial charge in [0, 0.05) is 0 Å². The van der Waals surface area contributed by atoms with Gasteiger partial charge in [-0.1, -0.05) is 0 Å². The Morgan fingerprint density at radius 3 is 1.15 bits per heavy atom. The summed E-state index contributed by atoms with van der Waals surface area (Å²) >= 11 is -7.97. The molecule has 0 aliphatic rings. The van der Waals surface area contributed by atoms with Crippen LogP contribution in [0.2, 0.25) is 17.7 Å². The number of benzene rings is 2. The molecule has 0 N–H and O–H groups in total. The first-order valence-electron chi connectivity index (χ1n) is 22.8. The van der Waals surface area contributed by atoms with Crippen LogP contribution >= 0.6 is 0 Å². The van der Waals surface area contributed by atoms with Gasteiger partial charge in [-0.2, -0.15) is 0 Å². The fraction of sp³-hybridized carbons (Fsp3) is 0.723. The van der Waals surface area contributed by atoms with Gasteiger partial charge in [0.15, 0.2) is 0 Å². The van der Waals surface area contributed by atoms with Crippen LogP contribution in [0.15, 0.2) is 60.7 Å². The van der Waals surface area contributed by atoms with E-state index >= 15 is 0 Å². The van der Waals surface area contributed by atoms with Crippen molar-refractivity contribution in [3.05, 3.63) is 71.8 Å². The fourth-order valence-corrected chi connectivity index (χ4v) is 47.7. The Kier molecular flexibility index (Phi) is 30.4. The topological polar surface area (TPSA) is 54.0 Å². The maximum atomic E-state index is 13.9. The predicted molar refractivity (Wildman–Crippen MR) is 234 cm³/mol. The molecule has 0 unspecified atom stereocenters. The van der Waals surface area contributed by atoms with Crippen LogP contribution in [-0.4, -0.2) is 44.6 Å². The van der Waals surface area contributed by atoms with Crippen molar-refractivity contribution in [3.8, 4) is 0 Å². The number of hydrogen-bond acceptors (Lipinski definition) is 5. The molecule has 0 bridgehead atoms. The molecule has 0 fully saturated rings. The zero-order chi connectivity index (χ0) is 38.8. The van der Waals surface area contributed by atoms with E-state index in [0.29, 0.717) is 6.61 Å². The summed E-state index contributed by atoms with van der Waals surface area (Å²) in [7, 11) is 0. The third-order valence-electron chi connectivity index (χ3n) is 10.8. The number of rotatable bonds is 36. The van der Waals surface area contributed by atoms with Gasteiger partial charge in [0.2, 0.25) is 0 Å². The van der Waals surface area contributed by atoms with Crippen molar-refractivity contribution in [2.24, 2.45) is 0 Å². The maximum absolute atomic E-state index is 13.9. The van der Waals surface area contributed by atoms with Crippen molar-refractivity contribution < 1.29 is 17.1 Å². The molecule has 308 valence electrons. The zero-order valence-corrected chi connectivity index (χ0v) is 41.2. The average molecular weight is 965 g/mol. The van der Waals surface area contributed by atoms with Crippen LogP contribution in [0, 0.1) is 0 Å². The molecule has 2 aromatic carbocycles. The van der Waals surface area contributed by atoms with Crippen molar-refractivity contribution in [2.75, 3.05) is 0 Å². The van der Waals surface area contributed by atoms with E-state index in [1.54, 1.807) is 0 Å². The standard InChI is InChI=1S/C8H8O3.4C8H17.C7H7O.O.2Sn/c9-8(10)11-6-7-4-2-1-3-5-7;4*1-3-5-7-8-6-4-2;8-6-7-4-2-1-3-5-7;;;/h1-5H,6H2,(H,9,10);4*1,3-8H2,2H3;1-5H,6H2;;;/q;;;;;-1;;2*+1/p-1. The van der Waals surface area contributed by atoms with Crippen molar-refractivity contribution in [3.63, 3.8) is 0 Å². The molecule has 0 heterocycles.